The van der Waals surface area contributed by atoms with Crippen molar-refractivity contribution in [3.63, 3.8) is 0 Å². The second-order valence-electron chi connectivity index (χ2n) is 13.9. The highest BCUT2D eigenvalue weighted by Crippen LogP contribution is 2.46. The first kappa shape index (κ1) is 31.1. The van der Waals surface area contributed by atoms with Gasteiger partial charge < -0.3 is 0 Å². The smallest absolute Gasteiger partial charge is 0.164 e. The van der Waals surface area contributed by atoms with E-state index in [1.165, 1.54) is 33.0 Å². The Morgan fingerprint density at radius 3 is 1.51 bits per heavy atom. The Labute approximate surface area is 317 Å². The topological polar surface area (TPSA) is 56.5 Å². The maximum atomic E-state index is 5.29. The normalized spacial score (nSPS) is 11.6. The van der Waals surface area contributed by atoms with Crippen molar-refractivity contribution in [2.75, 3.05) is 0 Å². The molecule has 11 rings (SSSR count). The Bertz CT molecular complexity index is 3020. The van der Waals surface area contributed by atoms with Crippen LogP contribution in [-0.2, 0) is 0 Å². The summed E-state index contributed by atoms with van der Waals surface area (Å²) in [4.78, 5) is 20.1. The highest BCUT2D eigenvalue weighted by Gasteiger charge is 2.26. The van der Waals surface area contributed by atoms with Crippen molar-refractivity contribution in [2.24, 2.45) is 0 Å². The van der Waals surface area contributed by atoms with E-state index < -0.39 is 0 Å². The summed E-state index contributed by atoms with van der Waals surface area (Å²) < 4.78 is 2.36. The van der Waals surface area contributed by atoms with Crippen LogP contribution in [0.5, 0.6) is 0 Å². The number of aromatic nitrogens is 5. The number of para-hydroxylation sites is 2. The van der Waals surface area contributed by atoms with Crippen LogP contribution in [0.1, 0.15) is 0 Å². The average Bonchev–Trinajstić information content (AvgIpc) is 3.61. The molecule has 0 saturated heterocycles. The number of hydrogen-bond donors (Lipinski definition) is 0. The monoisotopic (exact) mass is 701 g/mol. The van der Waals surface area contributed by atoms with Gasteiger partial charge in [0.1, 0.15) is 5.82 Å². The molecular weight excluding hydrogens is 671 g/mol. The van der Waals surface area contributed by atoms with Crippen molar-refractivity contribution < 1.29 is 0 Å². The third-order valence-electron chi connectivity index (χ3n) is 10.6. The summed E-state index contributed by atoms with van der Waals surface area (Å²) >= 11 is 0. The maximum absolute atomic E-state index is 5.29. The van der Waals surface area contributed by atoms with Crippen LogP contribution in [0.4, 0.5) is 0 Å². The zero-order valence-electron chi connectivity index (χ0n) is 29.6. The Hall–Kier alpha value is -7.50. The zero-order valence-corrected chi connectivity index (χ0v) is 29.6. The number of benzene rings is 8. The summed E-state index contributed by atoms with van der Waals surface area (Å²) in [5, 5.41) is 2.46. The lowest BCUT2D eigenvalue weighted by Crippen LogP contribution is -2.00. The van der Waals surface area contributed by atoms with E-state index >= 15 is 0 Å². The van der Waals surface area contributed by atoms with E-state index in [0.717, 1.165) is 55.9 Å². The molecule has 0 N–H and O–H groups in total. The molecule has 1 aliphatic rings. The highest BCUT2D eigenvalue weighted by atomic mass is 15.1. The van der Waals surface area contributed by atoms with Gasteiger partial charge in [0, 0.05) is 33.4 Å². The van der Waals surface area contributed by atoms with Crippen LogP contribution in [-0.4, -0.2) is 24.5 Å². The Balaban J connectivity index is 1.01. The SMILES string of the molecule is c1ccc(-c2nc(-c3ccccc3)nc(-c3cccc(-c4ccc(-c5nc6cccc7c6n5-c5ccccc5-c5cc6ccccc6cc5-7)cc4)c3)n2)cc1. The molecule has 0 unspecified atom stereocenters. The van der Waals surface area contributed by atoms with Gasteiger partial charge in [-0.1, -0.05) is 158 Å². The van der Waals surface area contributed by atoms with E-state index in [-0.39, 0.29) is 0 Å². The molecule has 0 amide bonds. The van der Waals surface area contributed by atoms with Crippen molar-refractivity contribution in [1.82, 2.24) is 24.5 Å². The van der Waals surface area contributed by atoms with Crippen LogP contribution in [0, 0.1) is 0 Å². The molecule has 55 heavy (non-hydrogen) atoms. The Morgan fingerprint density at radius 2 is 0.818 bits per heavy atom. The van der Waals surface area contributed by atoms with Gasteiger partial charge in [-0.3, -0.25) is 4.57 Å². The van der Waals surface area contributed by atoms with Crippen molar-refractivity contribution in [1.29, 1.82) is 0 Å². The van der Waals surface area contributed by atoms with Crippen LogP contribution in [0.15, 0.2) is 188 Å². The third kappa shape index (κ3) is 5.24. The lowest BCUT2D eigenvalue weighted by molar-refractivity contribution is 1.07. The van der Waals surface area contributed by atoms with E-state index in [1.54, 1.807) is 0 Å². The molecule has 2 aromatic heterocycles. The van der Waals surface area contributed by atoms with Gasteiger partial charge in [0.15, 0.2) is 17.5 Å². The van der Waals surface area contributed by atoms with Gasteiger partial charge in [-0.25, -0.2) is 19.9 Å². The summed E-state index contributed by atoms with van der Waals surface area (Å²) in [5.74, 6) is 2.84. The number of nitrogens with zero attached hydrogens (tertiary/aromatic N) is 5. The molecule has 8 aromatic carbocycles. The summed E-state index contributed by atoms with van der Waals surface area (Å²) in [7, 11) is 0. The van der Waals surface area contributed by atoms with Crippen LogP contribution in [0.3, 0.4) is 0 Å². The number of fused-ring (bicyclic) bond motifs is 6. The molecule has 0 saturated carbocycles. The molecule has 10 aromatic rings. The minimum absolute atomic E-state index is 0.633. The molecule has 5 heteroatoms. The molecule has 0 atom stereocenters. The van der Waals surface area contributed by atoms with E-state index in [9.17, 15) is 0 Å². The van der Waals surface area contributed by atoms with Crippen molar-refractivity contribution >= 4 is 21.8 Å². The molecule has 0 spiro atoms. The fourth-order valence-corrected chi connectivity index (χ4v) is 7.94. The first-order valence-corrected chi connectivity index (χ1v) is 18.5. The second kappa shape index (κ2) is 12.6. The minimum Gasteiger partial charge on any atom is -0.291 e. The standard InChI is InChI=1S/C50H31N5/c1-3-13-33(14-4-1)47-52-48(34-15-5-2-6-16-34)54-49(53-47)39-20-11-19-36(29-39)32-25-27-35(28-26-32)50-51-44-23-12-22-41-43-31-38-18-8-7-17-37(38)30-42(43)40-21-9-10-24-45(40)55(50)46(41)44/h1-31H. The quantitative estimate of drug-likeness (QED) is 0.179. The van der Waals surface area contributed by atoms with E-state index in [4.69, 9.17) is 19.9 Å². The van der Waals surface area contributed by atoms with E-state index in [0.29, 0.717) is 17.5 Å². The fraction of sp³-hybridized carbons (Fsp3) is 0. The predicted molar refractivity (Wildman–Crippen MR) is 224 cm³/mol. The molecule has 256 valence electrons. The van der Waals surface area contributed by atoms with Gasteiger partial charge in [-0.15, -0.1) is 0 Å². The van der Waals surface area contributed by atoms with Crippen LogP contribution < -0.4 is 0 Å². The molecule has 0 bridgehead atoms. The molecule has 3 heterocycles. The van der Waals surface area contributed by atoms with Crippen molar-refractivity contribution in [3.05, 3.63) is 188 Å². The van der Waals surface area contributed by atoms with Crippen molar-refractivity contribution in [2.45, 2.75) is 0 Å². The highest BCUT2D eigenvalue weighted by molar-refractivity contribution is 6.07. The van der Waals surface area contributed by atoms with Gasteiger partial charge in [-0.2, -0.15) is 0 Å². The lowest BCUT2D eigenvalue weighted by Gasteiger charge is -2.14. The molecule has 0 aliphatic carbocycles. The predicted octanol–water partition coefficient (Wildman–Crippen LogP) is 12.3. The largest absolute Gasteiger partial charge is 0.291 e. The van der Waals surface area contributed by atoms with E-state index in [1.807, 2.05) is 60.7 Å². The van der Waals surface area contributed by atoms with E-state index in [2.05, 4.69) is 132 Å². The van der Waals surface area contributed by atoms with Gasteiger partial charge in [0.05, 0.1) is 16.7 Å². The lowest BCUT2D eigenvalue weighted by atomic mass is 9.91. The Morgan fingerprint density at radius 1 is 0.309 bits per heavy atom. The number of hydrogen-bond acceptors (Lipinski definition) is 4. The first-order valence-electron chi connectivity index (χ1n) is 18.5. The molecular formula is C50H31N5. The molecule has 0 fully saturated rings. The second-order valence-corrected chi connectivity index (χ2v) is 13.9. The minimum atomic E-state index is 0.633. The van der Waals surface area contributed by atoms with Crippen LogP contribution >= 0.6 is 0 Å². The van der Waals surface area contributed by atoms with Crippen molar-refractivity contribution in [3.8, 4) is 84.6 Å². The number of imidazole rings is 1. The third-order valence-corrected chi connectivity index (χ3v) is 10.6. The van der Waals surface area contributed by atoms with Gasteiger partial charge in [-0.05, 0) is 63.4 Å². The fourth-order valence-electron chi connectivity index (χ4n) is 7.94. The molecule has 1 aliphatic heterocycles. The molecule has 0 radical (unpaired) electrons. The molecule has 5 nitrogen and oxygen atoms in total. The van der Waals surface area contributed by atoms with Gasteiger partial charge in [0.25, 0.3) is 0 Å². The summed E-state index contributed by atoms with van der Waals surface area (Å²) in [5.41, 5.74) is 14.1. The Kier molecular flexibility index (Phi) is 7.10. The van der Waals surface area contributed by atoms with Gasteiger partial charge in [0.2, 0.25) is 0 Å². The number of rotatable bonds is 5. The first-order chi connectivity index (χ1) is 27.2. The average molecular weight is 702 g/mol. The van der Waals surface area contributed by atoms with Gasteiger partial charge >= 0.3 is 0 Å². The summed E-state index contributed by atoms with van der Waals surface area (Å²) in [6, 6.07) is 65.8. The summed E-state index contributed by atoms with van der Waals surface area (Å²) in [6.45, 7) is 0. The van der Waals surface area contributed by atoms with Crippen LogP contribution in [0.25, 0.3) is 106 Å². The maximum Gasteiger partial charge on any atom is 0.164 e. The summed E-state index contributed by atoms with van der Waals surface area (Å²) in [6.07, 6.45) is 0. The van der Waals surface area contributed by atoms with Crippen LogP contribution in [0.2, 0.25) is 0 Å². The zero-order chi connectivity index (χ0) is 36.3.